The number of benzene rings is 2. The summed E-state index contributed by atoms with van der Waals surface area (Å²) in [6.07, 6.45) is -3.40. The van der Waals surface area contributed by atoms with E-state index < -0.39 is 64.3 Å². The van der Waals surface area contributed by atoms with Crippen LogP contribution in [0.1, 0.15) is 30.9 Å². The van der Waals surface area contributed by atoms with Crippen LogP contribution in [0.2, 0.25) is 0 Å². The molecule has 3 heterocycles. The van der Waals surface area contributed by atoms with E-state index in [1.807, 2.05) is 0 Å². The zero-order chi connectivity index (χ0) is 28.7. The van der Waals surface area contributed by atoms with Gasteiger partial charge in [0.25, 0.3) is 0 Å². The number of fused-ring (bicyclic) bond motifs is 4. The summed E-state index contributed by atoms with van der Waals surface area (Å²) in [7, 11) is 1.32. The number of ether oxygens (including phenoxy) is 1. The van der Waals surface area contributed by atoms with Crippen LogP contribution < -0.4 is 21.0 Å². The Morgan fingerprint density at radius 1 is 1.02 bits per heavy atom. The number of allylic oxidation sites excluding steroid dienone is 2. The number of hydrogen-bond acceptors (Lipinski definition) is 6. The Morgan fingerprint density at radius 2 is 1.73 bits per heavy atom. The molecule has 2 aromatic carbocycles. The number of amides is 2. The molecule has 3 aliphatic rings. The molecular weight excluding hydrogens is 533 g/mol. The molecule has 1 aliphatic carbocycles. The summed E-state index contributed by atoms with van der Waals surface area (Å²) in [5.41, 5.74) is -2.09. The van der Waals surface area contributed by atoms with Crippen LogP contribution in [-0.2, 0) is 23.2 Å². The van der Waals surface area contributed by atoms with Crippen molar-refractivity contribution < 1.29 is 32.6 Å². The van der Waals surface area contributed by atoms with Crippen molar-refractivity contribution >= 4 is 17.5 Å². The van der Waals surface area contributed by atoms with Crippen LogP contribution >= 0.6 is 0 Å². The molecule has 1 saturated carbocycles. The van der Waals surface area contributed by atoms with E-state index in [0.29, 0.717) is 11.3 Å². The highest BCUT2D eigenvalue weighted by Crippen LogP contribution is 2.62. The lowest BCUT2D eigenvalue weighted by molar-refractivity contribution is -0.274. The average Bonchev–Trinajstić information content (AvgIpc) is 3.24. The minimum absolute atomic E-state index is 0.0183. The second-order valence-electron chi connectivity index (χ2n) is 10.4. The van der Waals surface area contributed by atoms with Crippen LogP contribution in [0.4, 0.5) is 18.9 Å². The molecule has 1 aromatic heterocycles. The number of halogens is 3. The van der Waals surface area contributed by atoms with Crippen molar-refractivity contribution in [2.45, 2.75) is 38.2 Å². The van der Waals surface area contributed by atoms with Crippen molar-refractivity contribution in [1.82, 2.24) is 13.9 Å². The third-order valence-electron chi connectivity index (χ3n) is 8.29. The van der Waals surface area contributed by atoms with E-state index >= 15 is 0 Å². The Labute approximate surface area is 224 Å². The Hall–Kier alpha value is -4.55. The molecule has 2 aliphatic heterocycles. The number of carbonyl (C=O) groups excluding carboxylic acids is 2. The largest absolute Gasteiger partial charge is 0.573 e. The quantitative estimate of drug-likeness (QED) is 0.392. The Bertz CT molecular complexity index is 1720. The Kier molecular flexibility index (Phi) is 5.45. The summed E-state index contributed by atoms with van der Waals surface area (Å²) >= 11 is 0. The summed E-state index contributed by atoms with van der Waals surface area (Å²) in [5.74, 6) is -4.34. The van der Waals surface area contributed by atoms with Crippen LogP contribution in [0.25, 0.3) is 0 Å². The maximum absolute atomic E-state index is 14.2. The Morgan fingerprint density at radius 3 is 2.40 bits per heavy atom. The lowest BCUT2D eigenvalue weighted by Gasteiger charge is -2.47. The van der Waals surface area contributed by atoms with Gasteiger partial charge in [-0.1, -0.05) is 24.3 Å². The zero-order valence-corrected chi connectivity index (χ0v) is 21.3. The first-order valence-corrected chi connectivity index (χ1v) is 12.4. The van der Waals surface area contributed by atoms with Gasteiger partial charge in [-0.15, -0.1) is 13.2 Å². The predicted octanol–water partition coefficient (Wildman–Crippen LogP) is 2.82. The molecular formula is C27H23F3N4O6. The van der Waals surface area contributed by atoms with E-state index in [4.69, 9.17) is 0 Å². The van der Waals surface area contributed by atoms with Gasteiger partial charge in [0.1, 0.15) is 11.5 Å². The highest BCUT2D eigenvalue weighted by Gasteiger charge is 2.65. The van der Waals surface area contributed by atoms with E-state index in [9.17, 15) is 37.5 Å². The van der Waals surface area contributed by atoms with Crippen molar-refractivity contribution in [3.05, 3.63) is 86.7 Å². The standard InChI is InChI=1S/C27H23F3N4O6/c1-26-18(22(36)33(23(26)37)14-6-4-3-5-7-14)13-19-16(10-11-32-24(38)31(2)25(39)34(19)32)21(26)17-12-15(8-9-20(17)35)40-27(28,29)30/h3-10,12,18-19,21,35H,11,13H2,1-2H3/t18-,19+,21+,26+/m0/s1. The highest BCUT2D eigenvalue weighted by atomic mass is 19.4. The van der Waals surface area contributed by atoms with Gasteiger partial charge >= 0.3 is 17.7 Å². The molecule has 1 N–H and O–H groups in total. The van der Waals surface area contributed by atoms with Crippen LogP contribution in [0.5, 0.6) is 11.5 Å². The number of phenolic OH excluding ortho intramolecular Hbond substituents is 1. The molecule has 4 atom stereocenters. The first kappa shape index (κ1) is 25.7. The lowest BCUT2D eigenvalue weighted by Crippen LogP contribution is -2.49. The van der Waals surface area contributed by atoms with E-state index in [1.165, 1.54) is 16.4 Å². The molecule has 2 amide bonds. The fourth-order valence-corrected chi connectivity index (χ4v) is 6.51. The number of carbonyl (C=O) groups is 2. The van der Waals surface area contributed by atoms with Gasteiger partial charge in [-0.2, -0.15) is 0 Å². The topological polar surface area (TPSA) is 116 Å². The van der Waals surface area contributed by atoms with E-state index in [0.717, 1.165) is 27.7 Å². The third kappa shape index (κ3) is 3.49. The van der Waals surface area contributed by atoms with Crippen LogP contribution in [-0.4, -0.2) is 37.2 Å². The molecule has 10 nitrogen and oxygen atoms in total. The number of alkyl halides is 3. The summed E-state index contributed by atoms with van der Waals surface area (Å²) in [6.45, 7) is 1.50. The first-order chi connectivity index (χ1) is 18.8. The minimum atomic E-state index is -5.02. The summed E-state index contributed by atoms with van der Waals surface area (Å²) in [4.78, 5) is 55.0. The lowest BCUT2D eigenvalue weighted by atomic mass is 9.56. The van der Waals surface area contributed by atoms with Gasteiger partial charge in [-0.3, -0.25) is 9.59 Å². The molecule has 6 rings (SSSR count). The number of rotatable bonds is 3. The maximum atomic E-state index is 14.2. The SMILES string of the molecule is Cn1c(=O)n2n(c1=O)[C@@H]1C[C@H]3C(=O)N(c4ccccc4)C(=O)[C@@]3(C)[C@@H](c3cc(OC(F)(F)F)ccc3O)C1=CC2. The third-order valence-corrected chi connectivity index (χ3v) is 8.29. The first-order valence-electron chi connectivity index (χ1n) is 12.4. The number of imide groups is 1. The number of aromatic nitrogens is 3. The average molecular weight is 556 g/mol. The molecule has 1 saturated heterocycles. The van der Waals surface area contributed by atoms with Gasteiger partial charge < -0.3 is 9.84 Å². The summed E-state index contributed by atoms with van der Waals surface area (Å²) in [6, 6.07) is 10.3. The fourth-order valence-electron chi connectivity index (χ4n) is 6.51. The molecule has 40 heavy (non-hydrogen) atoms. The van der Waals surface area contributed by atoms with E-state index in [1.54, 1.807) is 43.3 Å². The zero-order valence-electron chi connectivity index (χ0n) is 21.3. The fraction of sp³-hybridized carbons (Fsp3) is 0.333. The summed E-state index contributed by atoms with van der Waals surface area (Å²) in [5, 5.41) is 10.9. The molecule has 208 valence electrons. The molecule has 2 fully saturated rings. The molecule has 0 bridgehead atoms. The number of nitrogens with zero attached hydrogens (tertiary/aromatic N) is 4. The number of aromatic hydroxyl groups is 1. The van der Waals surface area contributed by atoms with Crippen molar-refractivity contribution in [2.75, 3.05) is 4.90 Å². The minimum Gasteiger partial charge on any atom is -0.508 e. The van der Waals surface area contributed by atoms with Gasteiger partial charge in [0.2, 0.25) is 11.8 Å². The highest BCUT2D eigenvalue weighted by molar-refractivity contribution is 6.24. The number of phenols is 1. The van der Waals surface area contributed by atoms with Gasteiger partial charge in [0, 0.05) is 18.5 Å². The van der Waals surface area contributed by atoms with Crippen LogP contribution in [0, 0.1) is 11.3 Å². The molecule has 3 aromatic rings. The monoisotopic (exact) mass is 556 g/mol. The second kappa shape index (κ2) is 8.47. The van der Waals surface area contributed by atoms with Crippen molar-refractivity contribution in [3.8, 4) is 11.5 Å². The van der Waals surface area contributed by atoms with Crippen LogP contribution in [0.15, 0.2) is 69.8 Å². The molecule has 0 unspecified atom stereocenters. The van der Waals surface area contributed by atoms with Gasteiger partial charge in [0.15, 0.2) is 0 Å². The number of anilines is 1. The molecule has 13 heteroatoms. The maximum Gasteiger partial charge on any atom is 0.573 e. The van der Waals surface area contributed by atoms with Crippen molar-refractivity contribution in [1.29, 1.82) is 0 Å². The predicted molar refractivity (Wildman–Crippen MR) is 134 cm³/mol. The van der Waals surface area contributed by atoms with Crippen molar-refractivity contribution in [3.63, 3.8) is 0 Å². The van der Waals surface area contributed by atoms with E-state index in [-0.39, 0.29) is 18.5 Å². The van der Waals surface area contributed by atoms with Gasteiger partial charge in [0.05, 0.1) is 29.6 Å². The number of hydrogen-bond donors (Lipinski definition) is 1. The van der Waals surface area contributed by atoms with Gasteiger partial charge in [-0.05, 0) is 49.2 Å². The second-order valence-corrected chi connectivity index (χ2v) is 10.4. The normalized spacial score (nSPS) is 25.8. The number of para-hydroxylation sites is 1. The van der Waals surface area contributed by atoms with E-state index in [2.05, 4.69) is 4.74 Å². The van der Waals surface area contributed by atoms with Gasteiger partial charge in [-0.25, -0.2) is 28.4 Å². The molecule has 0 radical (unpaired) electrons. The smallest absolute Gasteiger partial charge is 0.508 e. The Balaban J connectivity index is 1.59. The van der Waals surface area contributed by atoms with Crippen LogP contribution in [0.3, 0.4) is 0 Å². The van der Waals surface area contributed by atoms with Crippen molar-refractivity contribution in [2.24, 2.45) is 18.4 Å². The summed E-state index contributed by atoms with van der Waals surface area (Å²) < 4.78 is 46.8. The molecule has 0 spiro atoms.